The number of rotatable bonds is 10. The van der Waals surface area contributed by atoms with E-state index in [1.54, 1.807) is 0 Å². The number of nitrogens with two attached hydrogens (primary N) is 1. The highest BCUT2D eigenvalue weighted by Crippen LogP contribution is 2.30. The van der Waals surface area contributed by atoms with Crippen molar-refractivity contribution in [3.8, 4) is 5.75 Å². The van der Waals surface area contributed by atoms with Gasteiger partial charge in [0.15, 0.2) is 5.75 Å². The number of hydrogen-bond acceptors (Lipinski definition) is 2. The summed E-state index contributed by atoms with van der Waals surface area (Å²) in [7, 11) is 0. The average Bonchev–Trinajstić information content (AvgIpc) is 2.40. The largest absolute Gasteiger partial charge is 0.490 e. The minimum Gasteiger partial charge on any atom is -0.490 e. The van der Waals surface area contributed by atoms with E-state index in [1.807, 2.05) is 18.2 Å². The first-order valence-electron chi connectivity index (χ1n) is 7.42. The van der Waals surface area contributed by atoms with Gasteiger partial charge in [-0.05, 0) is 34.5 Å². The van der Waals surface area contributed by atoms with Crippen molar-refractivity contribution >= 4 is 21.6 Å². The molecule has 0 atom stereocenters. The van der Waals surface area contributed by atoms with E-state index in [9.17, 15) is 0 Å². The van der Waals surface area contributed by atoms with Crippen LogP contribution in [0, 0.1) is 0 Å². The van der Waals surface area contributed by atoms with Crippen LogP contribution < -0.4 is 10.5 Å². The summed E-state index contributed by atoms with van der Waals surface area (Å²) < 4.78 is 6.68. The van der Waals surface area contributed by atoms with Gasteiger partial charge in [-0.3, -0.25) is 0 Å². The summed E-state index contributed by atoms with van der Waals surface area (Å²) in [6.07, 6.45) is 10.5. The number of halogens is 1. The monoisotopic (exact) mass is 327 g/mol. The fraction of sp³-hybridized carbons (Fsp3) is 0.625. The summed E-state index contributed by atoms with van der Waals surface area (Å²) in [6, 6.07) is 5.75. The Morgan fingerprint density at radius 1 is 1.00 bits per heavy atom. The highest BCUT2D eigenvalue weighted by Gasteiger charge is 2.04. The fourth-order valence-electron chi connectivity index (χ4n) is 2.09. The molecule has 1 aromatic rings. The smallest absolute Gasteiger partial charge is 0.156 e. The molecule has 1 aromatic carbocycles. The molecule has 0 aromatic heterocycles. The Labute approximate surface area is 125 Å². The lowest BCUT2D eigenvalue weighted by molar-refractivity contribution is 0.304. The standard InChI is InChI=1S/C16H26BrNO/c1-2-3-4-5-6-7-8-9-13-19-16-14(17)11-10-12-15(16)18/h10-12H,2-9,13,18H2,1H3. The number of benzene rings is 1. The molecule has 0 saturated carbocycles. The van der Waals surface area contributed by atoms with Crippen LogP contribution in [0.5, 0.6) is 5.75 Å². The highest BCUT2D eigenvalue weighted by atomic mass is 79.9. The Morgan fingerprint density at radius 2 is 1.63 bits per heavy atom. The number of nitrogen functional groups attached to an aromatic ring is 1. The maximum absolute atomic E-state index is 5.88. The minimum absolute atomic E-state index is 0.703. The van der Waals surface area contributed by atoms with E-state index < -0.39 is 0 Å². The molecule has 0 aliphatic carbocycles. The molecule has 0 saturated heterocycles. The Kier molecular flexibility index (Phi) is 8.72. The van der Waals surface area contributed by atoms with Crippen LogP contribution in [0.25, 0.3) is 0 Å². The van der Waals surface area contributed by atoms with Crippen molar-refractivity contribution in [1.82, 2.24) is 0 Å². The van der Waals surface area contributed by atoms with Gasteiger partial charge in [0.1, 0.15) is 0 Å². The molecular formula is C16H26BrNO. The molecule has 2 N–H and O–H groups in total. The Morgan fingerprint density at radius 3 is 2.26 bits per heavy atom. The van der Waals surface area contributed by atoms with E-state index in [-0.39, 0.29) is 0 Å². The van der Waals surface area contributed by atoms with Crippen LogP contribution in [-0.4, -0.2) is 6.61 Å². The lowest BCUT2D eigenvalue weighted by Gasteiger charge is -2.10. The molecule has 0 fully saturated rings. The van der Waals surface area contributed by atoms with E-state index in [0.717, 1.165) is 23.2 Å². The molecule has 0 heterocycles. The molecule has 0 spiro atoms. The maximum atomic E-state index is 5.88. The normalized spacial score (nSPS) is 10.6. The van der Waals surface area contributed by atoms with Crippen molar-refractivity contribution in [2.24, 2.45) is 0 Å². The molecule has 0 radical (unpaired) electrons. The van der Waals surface area contributed by atoms with Crippen molar-refractivity contribution in [2.75, 3.05) is 12.3 Å². The molecule has 108 valence electrons. The Balaban J connectivity index is 2.05. The first kappa shape index (κ1) is 16.4. The van der Waals surface area contributed by atoms with Crippen molar-refractivity contribution in [3.63, 3.8) is 0 Å². The molecular weight excluding hydrogens is 302 g/mol. The summed E-state index contributed by atoms with van der Waals surface area (Å²) in [5, 5.41) is 0. The predicted molar refractivity (Wildman–Crippen MR) is 86.7 cm³/mol. The second-order valence-electron chi connectivity index (χ2n) is 4.98. The molecule has 0 bridgehead atoms. The van der Waals surface area contributed by atoms with Crippen LogP contribution in [-0.2, 0) is 0 Å². The van der Waals surface area contributed by atoms with E-state index >= 15 is 0 Å². The fourth-order valence-corrected chi connectivity index (χ4v) is 2.58. The summed E-state index contributed by atoms with van der Waals surface area (Å²) in [5.41, 5.74) is 6.58. The number of ether oxygens (including phenoxy) is 1. The van der Waals surface area contributed by atoms with Gasteiger partial charge in [0.05, 0.1) is 16.8 Å². The zero-order valence-corrected chi connectivity index (χ0v) is 13.5. The van der Waals surface area contributed by atoms with Gasteiger partial charge in [0.2, 0.25) is 0 Å². The van der Waals surface area contributed by atoms with E-state index in [4.69, 9.17) is 10.5 Å². The zero-order valence-electron chi connectivity index (χ0n) is 12.0. The summed E-state index contributed by atoms with van der Waals surface area (Å²) in [5.74, 6) is 0.783. The van der Waals surface area contributed by atoms with E-state index in [0.29, 0.717) is 5.69 Å². The number of hydrogen-bond donors (Lipinski definition) is 1. The maximum Gasteiger partial charge on any atom is 0.156 e. The molecule has 19 heavy (non-hydrogen) atoms. The number of para-hydroxylation sites is 1. The minimum atomic E-state index is 0.703. The van der Waals surface area contributed by atoms with Gasteiger partial charge >= 0.3 is 0 Å². The molecule has 0 amide bonds. The molecule has 2 nitrogen and oxygen atoms in total. The van der Waals surface area contributed by atoms with Crippen LogP contribution in [0.1, 0.15) is 58.3 Å². The summed E-state index contributed by atoms with van der Waals surface area (Å²) >= 11 is 3.46. The predicted octanol–water partition coefficient (Wildman–Crippen LogP) is 5.55. The van der Waals surface area contributed by atoms with Crippen molar-refractivity contribution in [3.05, 3.63) is 22.7 Å². The van der Waals surface area contributed by atoms with Gasteiger partial charge in [-0.15, -0.1) is 0 Å². The molecule has 0 aliphatic heterocycles. The second kappa shape index (κ2) is 10.1. The molecule has 0 unspecified atom stereocenters. The zero-order chi connectivity index (χ0) is 13.9. The molecule has 3 heteroatoms. The Hall–Kier alpha value is -0.700. The van der Waals surface area contributed by atoms with Crippen LogP contribution in [0.15, 0.2) is 22.7 Å². The molecule has 0 aliphatic rings. The third kappa shape index (κ3) is 6.86. The average molecular weight is 328 g/mol. The van der Waals surface area contributed by atoms with Crippen LogP contribution in [0.2, 0.25) is 0 Å². The third-order valence-corrected chi connectivity index (χ3v) is 3.87. The third-order valence-electron chi connectivity index (χ3n) is 3.24. The lowest BCUT2D eigenvalue weighted by Crippen LogP contribution is -2.01. The van der Waals surface area contributed by atoms with Crippen LogP contribution >= 0.6 is 15.9 Å². The van der Waals surface area contributed by atoms with Crippen LogP contribution in [0.3, 0.4) is 0 Å². The van der Waals surface area contributed by atoms with Gasteiger partial charge in [-0.25, -0.2) is 0 Å². The van der Waals surface area contributed by atoms with Crippen molar-refractivity contribution in [1.29, 1.82) is 0 Å². The first-order valence-corrected chi connectivity index (χ1v) is 8.21. The topological polar surface area (TPSA) is 35.2 Å². The van der Waals surface area contributed by atoms with Crippen LogP contribution in [0.4, 0.5) is 5.69 Å². The van der Waals surface area contributed by atoms with Gasteiger partial charge in [-0.2, -0.15) is 0 Å². The van der Waals surface area contributed by atoms with Crippen molar-refractivity contribution < 1.29 is 4.74 Å². The number of anilines is 1. The van der Waals surface area contributed by atoms with Gasteiger partial charge in [0.25, 0.3) is 0 Å². The van der Waals surface area contributed by atoms with Gasteiger partial charge < -0.3 is 10.5 Å². The van der Waals surface area contributed by atoms with E-state index in [2.05, 4.69) is 22.9 Å². The van der Waals surface area contributed by atoms with Crippen molar-refractivity contribution in [2.45, 2.75) is 58.3 Å². The second-order valence-corrected chi connectivity index (χ2v) is 5.84. The van der Waals surface area contributed by atoms with Gasteiger partial charge in [0, 0.05) is 0 Å². The summed E-state index contributed by atoms with van der Waals surface area (Å²) in [6.45, 7) is 3.01. The lowest BCUT2D eigenvalue weighted by atomic mass is 10.1. The Bertz CT molecular complexity index is 334. The summed E-state index contributed by atoms with van der Waals surface area (Å²) in [4.78, 5) is 0. The highest BCUT2D eigenvalue weighted by molar-refractivity contribution is 9.10. The quantitative estimate of drug-likeness (QED) is 0.451. The molecule has 1 rings (SSSR count). The van der Waals surface area contributed by atoms with E-state index in [1.165, 1.54) is 44.9 Å². The first-order chi connectivity index (χ1) is 9.25. The number of unbranched alkanes of at least 4 members (excludes halogenated alkanes) is 7. The van der Waals surface area contributed by atoms with Gasteiger partial charge in [-0.1, -0.05) is 57.9 Å². The SMILES string of the molecule is CCCCCCCCCCOc1c(N)cccc1Br.